The lowest BCUT2D eigenvalue weighted by molar-refractivity contribution is 0.369. The molecular formula is C16H19FN4O. The van der Waals surface area contributed by atoms with E-state index in [1.165, 1.54) is 6.07 Å². The van der Waals surface area contributed by atoms with Crippen LogP contribution in [-0.4, -0.2) is 41.8 Å². The van der Waals surface area contributed by atoms with Crippen LogP contribution in [0.15, 0.2) is 28.7 Å². The number of aromatic nitrogens is 2. The highest BCUT2D eigenvalue weighted by Gasteiger charge is 2.15. The predicted octanol–water partition coefficient (Wildman–Crippen LogP) is 3.03. The number of hydrogen-bond acceptors (Lipinski definition) is 5. The van der Waals surface area contributed by atoms with E-state index in [0.717, 1.165) is 25.1 Å². The highest BCUT2D eigenvalue weighted by Crippen LogP contribution is 2.28. The SMILES string of the molecule is CCNc1nnc(-c2ccc(C3=CCN(C)CC3)c(F)c2)o1. The Labute approximate surface area is 128 Å². The van der Waals surface area contributed by atoms with Gasteiger partial charge in [0.2, 0.25) is 5.89 Å². The minimum atomic E-state index is -0.253. The van der Waals surface area contributed by atoms with E-state index in [-0.39, 0.29) is 5.82 Å². The second-order valence-electron chi connectivity index (χ2n) is 5.38. The summed E-state index contributed by atoms with van der Waals surface area (Å²) < 4.78 is 19.9. The third-order valence-corrected chi connectivity index (χ3v) is 3.73. The minimum Gasteiger partial charge on any atom is -0.403 e. The van der Waals surface area contributed by atoms with Crippen LogP contribution in [0.1, 0.15) is 18.9 Å². The van der Waals surface area contributed by atoms with Gasteiger partial charge in [0.15, 0.2) is 0 Å². The molecule has 0 bridgehead atoms. The number of hydrogen-bond donors (Lipinski definition) is 1. The zero-order valence-electron chi connectivity index (χ0n) is 12.8. The number of nitrogens with one attached hydrogen (secondary N) is 1. The smallest absolute Gasteiger partial charge is 0.315 e. The van der Waals surface area contributed by atoms with Crippen LogP contribution in [0.3, 0.4) is 0 Å². The molecule has 0 amide bonds. The van der Waals surface area contributed by atoms with Crippen molar-refractivity contribution in [3.05, 3.63) is 35.7 Å². The second kappa shape index (κ2) is 6.27. The summed E-state index contributed by atoms with van der Waals surface area (Å²) in [7, 11) is 2.06. The molecule has 1 aromatic heterocycles. The van der Waals surface area contributed by atoms with Crippen molar-refractivity contribution >= 4 is 11.6 Å². The quantitative estimate of drug-likeness (QED) is 0.941. The molecule has 0 unspecified atom stereocenters. The van der Waals surface area contributed by atoms with E-state index < -0.39 is 0 Å². The van der Waals surface area contributed by atoms with Gasteiger partial charge in [-0.25, -0.2) is 4.39 Å². The standard InChI is InChI=1S/C16H19FN4O/c1-3-18-16-20-19-15(22-16)12-4-5-13(14(17)10-12)11-6-8-21(2)9-7-11/h4-6,10H,3,7-9H2,1-2H3,(H,18,20). The molecule has 2 heterocycles. The molecule has 1 aliphatic heterocycles. The van der Waals surface area contributed by atoms with Crippen molar-refractivity contribution in [2.24, 2.45) is 0 Å². The summed E-state index contributed by atoms with van der Waals surface area (Å²) in [5.41, 5.74) is 2.30. The molecule has 0 spiro atoms. The summed E-state index contributed by atoms with van der Waals surface area (Å²) in [5.74, 6) is 0.0651. The lowest BCUT2D eigenvalue weighted by Gasteiger charge is -2.22. The van der Waals surface area contributed by atoms with Crippen LogP contribution < -0.4 is 5.32 Å². The molecule has 0 atom stereocenters. The summed E-state index contributed by atoms with van der Waals surface area (Å²) >= 11 is 0. The van der Waals surface area contributed by atoms with Gasteiger partial charge in [0.25, 0.3) is 0 Å². The Bertz CT molecular complexity index is 695. The average Bonchev–Trinajstić information content (AvgIpc) is 2.97. The first-order chi connectivity index (χ1) is 10.7. The summed E-state index contributed by atoms with van der Waals surface area (Å²) in [5, 5.41) is 10.7. The molecule has 0 aliphatic carbocycles. The van der Waals surface area contributed by atoms with Gasteiger partial charge in [0, 0.05) is 30.8 Å². The molecule has 116 valence electrons. The lowest BCUT2D eigenvalue weighted by atomic mass is 9.98. The normalized spacial score (nSPS) is 15.7. The van der Waals surface area contributed by atoms with Gasteiger partial charge >= 0.3 is 6.01 Å². The number of likely N-dealkylation sites (N-methyl/N-ethyl adjacent to an activating group) is 1. The lowest BCUT2D eigenvalue weighted by Crippen LogP contribution is -2.23. The minimum absolute atomic E-state index is 0.253. The van der Waals surface area contributed by atoms with Gasteiger partial charge in [0.05, 0.1) is 0 Å². The van der Waals surface area contributed by atoms with E-state index in [1.807, 2.05) is 13.0 Å². The van der Waals surface area contributed by atoms with Crippen molar-refractivity contribution in [3.63, 3.8) is 0 Å². The van der Waals surface area contributed by atoms with Crippen molar-refractivity contribution in [3.8, 4) is 11.5 Å². The topological polar surface area (TPSA) is 54.2 Å². The largest absolute Gasteiger partial charge is 0.403 e. The first-order valence-corrected chi connectivity index (χ1v) is 7.42. The Morgan fingerprint density at radius 1 is 1.36 bits per heavy atom. The van der Waals surface area contributed by atoms with E-state index in [2.05, 4.69) is 33.5 Å². The molecule has 6 heteroatoms. The van der Waals surface area contributed by atoms with Crippen molar-refractivity contribution in [1.29, 1.82) is 0 Å². The first kappa shape index (κ1) is 14.7. The predicted molar refractivity (Wildman–Crippen MR) is 83.9 cm³/mol. The maximum absolute atomic E-state index is 14.4. The molecule has 0 saturated heterocycles. The summed E-state index contributed by atoms with van der Waals surface area (Å²) in [4.78, 5) is 2.20. The summed E-state index contributed by atoms with van der Waals surface area (Å²) in [6.07, 6.45) is 2.94. The maximum atomic E-state index is 14.4. The number of halogens is 1. The Morgan fingerprint density at radius 3 is 2.91 bits per heavy atom. The van der Waals surface area contributed by atoms with E-state index in [4.69, 9.17) is 4.42 Å². The van der Waals surface area contributed by atoms with Gasteiger partial charge in [-0.2, -0.15) is 0 Å². The second-order valence-corrected chi connectivity index (χ2v) is 5.38. The fourth-order valence-electron chi connectivity index (χ4n) is 2.49. The van der Waals surface area contributed by atoms with Gasteiger partial charge in [-0.3, -0.25) is 0 Å². The van der Waals surface area contributed by atoms with E-state index in [0.29, 0.717) is 29.6 Å². The van der Waals surface area contributed by atoms with Crippen molar-refractivity contribution in [2.75, 3.05) is 32.0 Å². The van der Waals surface area contributed by atoms with Crippen LogP contribution >= 0.6 is 0 Å². The Balaban J connectivity index is 1.85. The van der Waals surface area contributed by atoms with Crippen molar-refractivity contribution in [2.45, 2.75) is 13.3 Å². The Kier molecular flexibility index (Phi) is 4.20. The molecule has 1 N–H and O–H groups in total. The number of anilines is 1. The molecule has 3 rings (SSSR count). The van der Waals surface area contributed by atoms with Crippen LogP contribution in [0.2, 0.25) is 0 Å². The van der Waals surface area contributed by atoms with Gasteiger partial charge in [0.1, 0.15) is 5.82 Å². The zero-order valence-corrected chi connectivity index (χ0v) is 12.8. The molecular weight excluding hydrogens is 283 g/mol. The molecule has 1 aliphatic rings. The number of rotatable bonds is 4. The first-order valence-electron chi connectivity index (χ1n) is 7.42. The molecule has 0 fully saturated rings. The van der Waals surface area contributed by atoms with Gasteiger partial charge in [-0.15, -0.1) is 5.10 Å². The third-order valence-electron chi connectivity index (χ3n) is 3.73. The van der Waals surface area contributed by atoms with E-state index >= 15 is 0 Å². The summed E-state index contributed by atoms with van der Waals surface area (Å²) in [6, 6.07) is 5.41. The fraction of sp³-hybridized carbons (Fsp3) is 0.375. The van der Waals surface area contributed by atoms with Gasteiger partial charge in [-0.05, 0) is 38.1 Å². The molecule has 1 aromatic carbocycles. The molecule has 0 saturated carbocycles. The number of benzene rings is 1. The Morgan fingerprint density at radius 2 is 2.23 bits per heavy atom. The molecule has 22 heavy (non-hydrogen) atoms. The number of nitrogens with zero attached hydrogens (tertiary/aromatic N) is 3. The molecule has 2 aromatic rings. The van der Waals surface area contributed by atoms with Crippen molar-refractivity contribution in [1.82, 2.24) is 15.1 Å². The van der Waals surface area contributed by atoms with Crippen LogP contribution in [0.25, 0.3) is 17.0 Å². The van der Waals surface area contributed by atoms with E-state index in [1.54, 1.807) is 6.07 Å². The summed E-state index contributed by atoms with van der Waals surface area (Å²) in [6.45, 7) is 4.43. The molecule has 5 nitrogen and oxygen atoms in total. The Hall–Kier alpha value is -2.21. The van der Waals surface area contributed by atoms with Crippen LogP contribution in [0.5, 0.6) is 0 Å². The highest BCUT2D eigenvalue weighted by atomic mass is 19.1. The van der Waals surface area contributed by atoms with Crippen LogP contribution in [-0.2, 0) is 0 Å². The van der Waals surface area contributed by atoms with E-state index in [9.17, 15) is 4.39 Å². The van der Waals surface area contributed by atoms with Crippen molar-refractivity contribution < 1.29 is 8.81 Å². The fourth-order valence-corrected chi connectivity index (χ4v) is 2.49. The third kappa shape index (κ3) is 3.01. The highest BCUT2D eigenvalue weighted by molar-refractivity contribution is 5.69. The zero-order chi connectivity index (χ0) is 15.5. The maximum Gasteiger partial charge on any atom is 0.315 e. The van der Waals surface area contributed by atoms with Crippen LogP contribution in [0.4, 0.5) is 10.4 Å². The monoisotopic (exact) mass is 302 g/mol. The van der Waals surface area contributed by atoms with Crippen LogP contribution in [0, 0.1) is 5.82 Å². The van der Waals surface area contributed by atoms with Gasteiger partial charge in [-0.1, -0.05) is 17.2 Å². The molecule has 0 radical (unpaired) electrons. The van der Waals surface area contributed by atoms with Gasteiger partial charge < -0.3 is 14.6 Å². The average molecular weight is 302 g/mol.